The van der Waals surface area contributed by atoms with Gasteiger partial charge in [-0.05, 0) is 42.5 Å². The van der Waals surface area contributed by atoms with Crippen LogP contribution in [-0.4, -0.2) is 26.8 Å². The maximum Gasteiger partial charge on any atom is 0.416 e. The number of benzene rings is 2. The van der Waals surface area contributed by atoms with Crippen LogP contribution in [0.25, 0.3) is 5.82 Å². The van der Waals surface area contributed by atoms with Crippen molar-refractivity contribution in [2.24, 2.45) is 10.7 Å². The third kappa shape index (κ3) is 4.60. The normalized spacial score (nSPS) is 13.2. The molecule has 1 aliphatic rings. The maximum absolute atomic E-state index is 13.9. The molecule has 1 aliphatic heterocycles. The summed E-state index contributed by atoms with van der Waals surface area (Å²) in [5.74, 6) is 0.0658. The number of fused-ring (bicyclic) bond motifs is 1. The summed E-state index contributed by atoms with van der Waals surface area (Å²) in [6.45, 7) is 0.224. The number of carbonyl (C=O) groups is 1. The first-order valence-corrected chi connectivity index (χ1v) is 9.97. The van der Waals surface area contributed by atoms with Crippen molar-refractivity contribution in [3.63, 3.8) is 0 Å². The number of nitrogens with one attached hydrogen (secondary N) is 2. The molecule has 1 aromatic heterocycles. The Bertz CT molecular complexity index is 1350. The van der Waals surface area contributed by atoms with Crippen LogP contribution in [0.2, 0.25) is 0 Å². The molecule has 2 aromatic carbocycles. The molecule has 2 heterocycles. The highest BCUT2D eigenvalue weighted by Gasteiger charge is 2.31. The summed E-state index contributed by atoms with van der Waals surface area (Å²) in [6.07, 6.45) is -4.67. The second-order valence-corrected chi connectivity index (χ2v) is 7.63. The number of amides is 2. The van der Waals surface area contributed by atoms with E-state index in [1.807, 2.05) is 14.1 Å². The number of carbonyl (C=O) groups excluding carboxylic acids is 1. The van der Waals surface area contributed by atoms with Crippen molar-refractivity contribution < 1.29 is 26.8 Å². The van der Waals surface area contributed by atoms with Gasteiger partial charge < -0.3 is 30.6 Å². The first-order valence-electron chi connectivity index (χ1n) is 9.97. The van der Waals surface area contributed by atoms with E-state index in [9.17, 15) is 22.4 Å². The van der Waals surface area contributed by atoms with Crippen LogP contribution in [0.15, 0.2) is 57.9 Å². The zero-order chi connectivity index (χ0) is 24.6. The van der Waals surface area contributed by atoms with Crippen molar-refractivity contribution in [1.29, 1.82) is 0 Å². The minimum atomic E-state index is -4.67. The van der Waals surface area contributed by atoms with Crippen LogP contribution in [0.5, 0.6) is 0 Å². The molecule has 12 heteroatoms. The van der Waals surface area contributed by atoms with Crippen LogP contribution in [0, 0.1) is 5.82 Å². The van der Waals surface area contributed by atoms with Gasteiger partial charge in [0.05, 0.1) is 16.5 Å². The fraction of sp³-hybridized carbons (Fsp3) is 0.182. The lowest BCUT2D eigenvalue weighted by atomic mass is 10.2. The highest BCUT2D eigenvalue weighted by molar-refractivity contribution is 6.00. The van der Waals surface area contributed by atoms with Crippen LogP contribution in [0.1, 0.15) is 5.56 Å². The van der Waals surface area contributed by atoms with E-state index in [1.54, 1.807) is 40.1 Å². The van der Waals surface area contributed by atoms with Crippen LogP contribution < -0.4 is 36.9 Å². The minimum Gasteiger partial charge on any atom is -0.422 e. The Hall–Kier alpha value is -4.22. The monoisotopic (exact) mass is 476 g/mol. The summed E-state index contributed by atoms with van der Waals surface area (Å²) in [5, 5.41) is 5.19. The molecule has 0 unspecified atom stereocenters. The number of nitrogens with two attached hydrogens (primary N) is 1. The molecular weight excluding hydrogens is 456 g/mol. The van der Waals surface area contributed by atoms with Crippen LogP contribution in [-0.2, 0) is 6.18 Å². The number of halogens is 4. The Morgan fingerprint density at radius 2 is 1.82 bits per heavy atom. The molecule has 0 saturated carbocycles. The van der Waals surface area contributed by atoms with Crippen molar-refractivity contribution in [3.05, 3.63) is 70.7 Å². The maximum atomic E-state index is 13.9. The molecule has 0 fully saturated rings. The van der Waals surface area contributed by atoms with E-state index in [4.69, 9.17) is 10.2 Å². The first kappa shape index (κ1) is 23.0. The number of nitrogens with zero attached hydrogens (tertiary/aromatic N) is 3. The number of anilines is 4. The number of hydrogen-bond acceptors (Lipinski definition) is 6. The third-order valence-corrected chi connectivity index (χ3v) is 5.04. The molecule has 0 radical (unpaired) electrons. The van der Waals surface area contributed by atoms with Gasteiger partial charge >= 0.3 is 12.2 Å². The average Bonchev–Trinajstić information content (AvgIpc) is 3.21. The fourth-order valence-corrected chi connectivity index (χ4v) is 3.27. The fourth-order valence-electron chi connectivity index (χ4n) is 3.27. The quantitative estimate of drug-likeness (QED) is 0.502. The molecule has 4 N–H and O–H groups in total. The van der Waals surface area contributed by atoms with Gasteiger partial charge in [-0.15, -0.1) is 0 Å². The first-order chi connectivity index (χ1) is 16.0. The summed E-state index contributed by atoms with van der Waals surface area (Å²) in [4.78, 5) is 20.1. The number of hydrogen-bond donors (Lipinski definition) is 3. The topological polar surface area (TPSA) is 99.1 Å². The summed E-state index contributed by atoms with van der Waals surface area (Å²) in [6, 6.07) is 9.16. The molecule has 34 heavy (non-hydrogen) atoms. The van der Waals surface area contributed by atoms with Crippen LogP contribution in [0.4, 0.5) is 45.3 Å². The van der Waals surface area contributed by atoms with Gasteiger partial charge in [0, 0.05) is 31.5 Å². The van der Waals surface area contributed by atoms with Gasteiger partial charge in [-0.3, -0.25) is 0 Å². The van der Waals surface area contributed by atoms with Crippen molar-refractivity contribution >= 4 is 34.8 Å². The van der Waals surface area contributed by atoms with Gasteiger partial charge in [-0.25, -0.2) is 14.2 Å². The molecule has 4 rings (SSSR count). The molecular formula is C22H20F4N6O2. The number of rotatable bonds is 4. The van der Waals surface area contributed by atoms with Crippen LogP contribution in [0.3, 0.4) is 0 Å². The smallest absolute Gasteiger partial charge is 0.416 e. The van der Waals surface area contributed by atoms with Crippen molar-refractivity contribution in [1.82, 2.24) is 0 Å². The third-order valence-electron chi connectivity index (χ3n) is 5.04. The lowest BCUT2D eigenvalue weighted by molar-refractivity contribution is -0.137. The van der Waals surface area contributed by atoms with E-state index in [-0.39, 0.29) is 6.67 Å². The van der Waals surface area contributed by atoms with E-state index in [2.05, 4.69) is 15.6 Å². The molecule has 0 saturated heterocycles. The highest BCUT2D eigenvalue weighted by Crippen LogP contribution is 2.32. The van der Waals surface area contributed by atoms with E-state index in [1.165, 1.54) is 0 Å². The van der Waals surface area contributed by atoms with E-state index in [0.717, 1.165) is 0 Å². The van der Waals surface area contributed by atoms with Gasteiger partial charge in [0.25, 0.3) is 0 Å². The van der Waals surface area contributed by atoms with Gasteiger partial charge in [0.2, 0.25) is 5.55 Å². The molecule has 0 spiro atoms. The minimum absolute atomic E-state index is 0.224. The Kier molecular flexibility index (Phi) is 5.82. The van der Waals surface area contributed by atoms with Gasteiger partial charge in [0.1, 0.15) is 18.3 Å². The Labute approximate surface area is 191 Å². The standard InChI is InChI=1S/C22H20F4N6O2/c1-31(2)18-10-15-19(27)32(11-28-20(15)34-18)14-6-4-13(5-7-14)29-21(33)30-17-9-12(22(24,25)26)3-8-16(17)23/h3-10H,11,27H2,1-2H3,(H2,29,30,33). The molecule has 178 valence electrons. The molecule has 3 aromatic rings. The van der Waals surface area contributed by atoms with Gasteiger partial charge in [-0.1, -0.05) is 0 Å². The second kappa shape index (κ2) is 8.61. The summed E-state index contributed by atoms with van der Waals surface area (Å²) >= 11 is 0. The zero-order valence-electron chi connectivity index (χ0n) is 18.1. The van der Waals surface area contributed by atoms with Gasteiger partial charge in [0.15, 0.2) is 5.88 Å². The summed E-state index contributed by atoms with van der Waals surface area (Å²) in [7, 11) is 3.67. The largest absolute Gasteiger partial charge is 0.422 e. The van der Waals surface area contributed by atoms with Gasteiger partial charge in [-0.2, -0.15) is 13.2 Å². The van der Waals surface area contributed by atoms with E-state index in [0.29, 0.717) is 52.1 Å². The second-order valence-electron chi connectivity index (χ2n) is 7.63. The molecule has 0 atom stereocenters. The van der Waals surface area contributed by atoms with E-state index >= 15 is 0 Å². The Morgan fingerprint density at radius 1 is 1.12 bits per heavy atom. The van der Waals surface area contributed by atoms with Crippen molar-refractivity contribution in [2.75, 3.05) is 41.2 Å². The number of furan rings is 1. The molecule has 0 aliphatic carbocycles. The Morgan fingerprint density at radius 3 is 2.47 bits per heavy atom. The number of alkyl halides is 3. The highest BCUT2D eigenvalue weighted by atomic mass is 19.4. The number of urea groups is 1. The predicted octanol–water partition coefficient (Wildman–Crippen LogP) is 3.27. The lowest BCUT2D eigenvalue weighted by Gasteiger charge is -2.24. The summed E-state index contributed by atoms with van der Waals surface area (Å²) < 4.78 is 58.0. The molecule has 8 nitrogen and oxygen atoms in total. The predicted molar refractivity (Wildman–Crippen MR) is 119 cm³/mol. The molecule has 0 bridgehead atoms. The SMILES string of the molecule is CN(C)c1cc2c(o1)=NCN(c1ccc(NC(=O)Nc3cc(C(F)(F)F)ccc3F)cc1)C=2N. The van der Waals surface area contributed by atoms with Crippen molar-refractivity contribution in [2.45, 2.75) is 6.18 Å². The zero-order valence-corrected chi connectivity index (χ0v) is 18.1. The summed E-state index contributed by atoms with van der Waals surface area (Å²) in [5.41, 5.74) is 6.10. The van der Waals surface area contributed by atoms with Crippen molar-refractivity contribution in [3.8, 4) is 0 Å². The molecule has 2 amide bonds. The Balaban J connectivity index is 1.47. The van der Waals surface area contributed by atoms with E-state index < -0.39 is 29.3 Å². The lowest BCUT2D eigenvalue weighted by Crippen LogP contribution is -2.42. The average molecular weight is 476 g/mol. The van der Waals surface area contributed by atoms with Crippen LogP contribution >= 0.6 is 0 Å².